The molecule has 3 aromatic rings. The molecule has 0 unspecified atom stereocenters. The van der Waals surface area contributed by atoms with Crippen LogP contribution in [0, 0.1) is 0 Å². The Bertz CT molecular complexity index is 1040. The van der Waals surface area contributed by atoms with Crippen molar-refractivity contribution in [3.63, 3.8) is 0 Å². The van der Waals surface area contributed by atoms with Crippen LogP contribution < -0.4 is 10.2 Å². The van der Waals surface area contributed by atoms with E-state index in [4.69, 9.17) is 0 Å². The SMILES string of the molecule is CC(C)Nc1ccc2c3c(cccc13)C(=O)N(c1cccc(Br)c1)C2=O. The number of hydrogen-bond donors (Lipinski definition) is 1. The normalized spacial score (nSPS) is 13.6. The maximum absolute atomic E-state index is 13.1. The molecule has 1 N–H and O–H groups in total. The Morgan fingerprint density at radius 1 is 0.923 bits per heavy atom. The van der Waals surface area contributed by atoms with Crippen molar-refractivity contribution < 1.29 is 9.59 Å². The molecule has 1 heterocycles. The smallest absolute Gasteiger partial charge is 0.265 e. The molecule has 2 amide bonds. The van der Waals surface area contributed by atoms with Gasteiger partial charge in [0.25, 0.3) is 11.8 Å². The third-order valence-corrected chi connectivity index (χ3v) is 4.91. The Hall–Kier alpha value is -2.66. The molecule has 26 heavy (non-hydrogen) atoms. The van der Waals surface area contributed by atoms with Gasteiger partial charge in [0.15, 0.2) is 0 Å². The van der Waals surface area contributed by atoms with E-state index in [9.17, 15) is 9.59 Å². The van der Waals surface area contributed by atoms with E-state index in [-0.39, 0.29) is 17.9 Å². The minimum absolute atomic E-state index is 0.250. The number of hydrogen-bond acceptors (Lipinski definition) is 3. The number of nitrogens with one attached hydrogen (secondary N) is 1. The summed E-state index contributed by atoms with van der Waals surface area (Å²) >= 11 is 3.40. The van der Waals surface area contributed by atoms with Crippen molar-refractivity contribution in [2.45, 2.75) is 19.9 Å². The Morgan fingerprint density at radius 2 is 1.62 bits per heavy atom. The average Bonchev–Trinajstić information content (AvgIpc) is 2.60. The van der Waals surface area contributed by atoms with Crippen molar-refractivity contribution >= 4 is 49.9 Å². The van der Waals surface area contributed by atoms with Crippen molar-refractivity contribution in [2.75, 3.05) is 10.2 Å². The molecular weight excluding hydrogens is 392 g/mol. The number of carbonyl (C=O) groups is 2. The van der Waals surface area contributed by atoms with Gasteiger partial charge in [-0.2, -0.15) is 0 Å². The highest BCUT2D eigenvalue weighted by Crippen LogP contribution is 2.36. The Labute approximate surface area is 159 Å². The zero-order valence-electron chi connectivity index (χ0n) is 14.4. The quantitative estimate of drug-likeness (QED) is 0.604. The fourth-order valence-corrected chi connectivity index (χ4v) is 3.77. The summed E-state index contributed by atoms with van der Waals surface area (Å²) in [5.41, 5.74) is 2.58. The molecule has 0 saturated carbocycles. The largest absolute Gasteiger partial charge is 0.382 e. The standard InChI is InChI=1S/C21H17BrN2O2/c1-12(2)23-18-10-9-17-19-15(18)7-4-8-16(19)20(25)24(21(17)26)14-6-3-5-13(22)11-14/h3-12,23H,1-2H3. The van der Waals surface area contributed by atoms with Crippen molar-refractivity contribution in [2.24, 2.45) is 0 Å². The number of imide groups is 1. The first-order chi connectivity index (χ1) is 12.5. The van der Waals surface area contributed by atoms with Crippen LogP contribution in [-0.2, 0) is 0 Å². The fraction of sp³-hybridized carbons (Fsp3) is 0.143. The van der Waals surface area contributed by atoms with Crippen molar-refractivity contribution in [3.8, 4) is 0 Å². The monoisotopic (exact) mass is 408 g/mol. The van der Waals surface area contributed by atoms with Gasteiger partial charge in [-0.15, -0.1) is 0 Å². The van der Waals surface area contributed by atoms with E-state index in [1.807, 2.05) is 30.3 Å². The second kappa shape index (κ2) is 6.25. The molecule has 0 aromatic heterocycles. The Kier molecular flexibility index (Phi) is 4.04. The fourth-order valence-electron chi connectivity index (χ4n) is 3.38. The molecule has 4 rings (SSSR count). The van der Waals surface area contributed by atoms with Gasteiger partial charge in [-0.05, 0) is 50.2 Å². The van der Waals surface area contributed by atoms with E-state index in [0.717, 1.165) is 20.9 Å². The average molecular weight is 409 g/mol. The molecule has 0 saturated heterocycles. The van der Waals surface area contributed by atoms with Gasteiger partial charge in [0.05, 0.1) is 5.69 Å². The number of carbonyl (C=O) groups excluding carboxylic acids is 2. The first-order valence-corrected chi connectivity index (χ1v) is 9.23. The van der Waals surface area contributed by atoms with Gasteiger partial charge in [-0.1, -0.05) is 34.1 Å². The minimum atomic E-state index is -0.298. The number of amides is 2. The first kappa shape index (κ1) is 16.8. The maximum Gasteiger partial charge on any atom is 0.265 e. The lowest BCUT2D eigenvalue weighted by Gasteiger charge is -2.28. The molecule has 130 valence electrons. The molecule has 0 atom stereocenters. The van der Waals surface area contributed by atoms with Gasteiger partial charge in [0.1, 0.15) is 0 Å². The number of nitrogens with zero attached hydrogens (tertiary/aromatic N) is 1. The van der Waals surface area contributed by atoms with E-state index in [1.54, 1.807) is 24.3 Å². The van der Waals surface area contributed by atoms with Gasteiger partial charge in [-0.3, -0.25) is 9.59 Å². The van der Waals surface area contributed by atoms with E-state index in [1.165, 1.54) is 4.90 Å². The summed E-state index contributed by atoms with van der Waals surface area (Å²) in [5.74, 6) is -0.596. The molecule has 4 nitrogen and oxygen atoms in total. The predicted octanol–water partition coefficient (Wildman–Crippen LogP) is 5.22. The van der Waals surface area contributed by atoms with Crippen LogP contribution >= 0.6 is 15.9 Å². The predicted molar refractivity (Wildman–Crippen MR) is 108 cm³/mol. The van der Waals surface area contributed by atoms with Crippen LogP contribution in [0.2, 0.25) is 0 Å². The molecule has 0 radical (unpaired) electrons. The minimum Gasteiger partial charge on any atom is -0.382 e. The molecular formula is C21H17BrN2O2. The van der Waals surface area contributed by atoms with Gasteiger partial charge >= 0.3 is 0 Å². The molecule has 0 bridgehead atoms. The van der Waals surface area contributed by atoms with Gasteiger partial charge < -0.3 is 5.32 Å². The second-order valence-electron chi connectivity index (χ2n) is 6.61. The van der Waals surface area contributed by atoms with E-state index < -0.39 is 0 Å². The lowest BCUT2D eigenvalue weighted by molar-refractivity contribution is 0.0893. The first-order valence-electron chi connectivity index (χ1n) is 8.44. The zero-order chi connectivity index (χ0) is 18.4. The lowest BCUT2D eigenvalue weighted by atomic mass is 9.92. The Morgan fingerprint density at radius 3 is 2.31 bits per heavy atom. The number of rotatable bonds is 3. The summed E-state index contributed by atoms with van der Waals surface area (Å²) in [6.45, 7) is 4.11. The molecule has 3 aromatic carbocycles. The van der Waals surface area contributed by atoms with E-state index in [0.29, 0.717) is 16.8 Å². The summed E-state index contributed by atoms with van der Waals surface area (Å²) in [6, 6.07) is 16.8. The third kappa shape index (κ3) is 2.59. The number of anilines is 2. The summed E-state index contributed by atoms with van der Waals surface area (Å²) in [6.07, 6.45) is 0. The van der Waals surface area contributed by atoms with Gasteiger partial charge in [-0.25, -0.2) is 4.90 Å². The van der Waals surface area contributed by atoms with Gasteiger partial charge in [0, 0.05) is 38.1 Å². The summed E-state index contributed by atoms with van der Waals surface area (Å²) < 4.78 is 0.816. The van der Waals surface area contributed by atoms with Crippen molar-refractivity contribution in [3.05, 3.63) is 70.2 Å². The van der Waals surface area contributed by atoms with Crippen molar-refractivity contribution in [1.82, 2.24) is 0 Å². The highest BCUT2D eigenvalue weighted by molar-refractivity contribution is 9.10. The third-order valence-electron chi connectivity index (χ3n) is 4.42. The number of benzene rings is 3. The molecule has 0 spiro atoms. The molecule has 0 aliphatic carbocycles. The van der Waals surface area contributed by atoms with Crippen LogP contribution in [0.15, 0.2) is 59.1 Å². The summed E-state index contributed by atoms with van der Waals surface area (Å²) in [4.78, 5) is 27.5. The van der Waals surface area contributed by atoms with E-state index in [2.05, 4.69) is 35.1 Å². The van der Waals surface area contributed by atoms with Gasteiger partial charge in [0.2, 0.25) is 0 Å². The van der Waals surface area contributed by atoms with Crippen LogP contribution in [-0.4, -0.2) is 17.9 Å². The molecule has 5 heteroatoms. The maximum atomic E-state index is 13.1. The Balaban J connectivity index is 1.94. The summed E-state index contributed by atoms with van der Waals surface area (Å²) in [5, 5.41) is 5.00. The lowest BCUT2D eigenvalue weighted by Crippen LogP contribution is -2.40. The van der Waals surface area contributed by atoms with Crippen LogP contribution in [0.3, 0.4) is 0 Å². The van der Waals surface area contributed by atoms with Crippen LogP contribution in [0.25, 0.3) is 10.8 Å². The molecule has 0 fully saturated rings. The second-order valence-corrected chi connectivity index (χ2v) is 7.53. The molecule has 1 aliphatic rings. The summed E-state index contributed by atoms with van der Waals surface area (Å²) in [7, 11) is 0. The zero-order valence-corrected chi connectivity index (χ0v) is 16.0. The highest BCUT2D eigenvalue weighted by atomic mass is 79.9. The van der Waals surface area contributed by atoms with Crippen LogP contribution in [0.5, 0.6) is 0 Å². The van der Waals surface area contributed by atoms with E-state index >= 15 is 0 Å². The number of halogens is 1. The highest BCUT2D eigenvalue weighted by Gasteiger charge is 2.34. The molecule has 1 aliphatic heterocycles. The topological polar surface area (TPSA) is 49.4 Å². The van der Waals surface area contributed by atoms with Crippen molar-refractivity contribution in [1.29, 1.82) is 0 Å². The van der Waals surface area contributed by atoms with Crippen LogP contribution in [0.1, 0.15) is 34.6 Å². The van der Waals surface area contributed by atoms with Crippen LogP contribution in [0.4, 0.5) is 11.4 Å².